The molecular formula is C16H25N5S. The molecule has 2 heterocycles. The Kier molecular flexibility index (Phi) is 7.25. The Morgan fingerprint density at radius 1 is 1.14 bits per heavy atom. The zero-order chi connectivity index (χ0) is 15.6. The molecule has 2 N–H and O–H groups in total. The number of hydrazine groups is 1. The number of hydrogen-bond donors (Lipinski definition) is 2. The SMILES string of the molecule is C/C(=N\NC(=S)NN1CCCCCCCC1)c1ccccn1. The first-order valence-electron chi connectivity index (χ1n) is 8.03. The Morgan fingerprint density at radius 2 is 1.82 bits per heavy atom. The number of aromatic nitrogens is 1. The fourth-order valence-corrected chi connectivity index (χ4v) is 2.65. The summed E-state index contributed by atoms with van der Waals surface area (Å²) < 4.78 is 0. The van der Waals surface area contributed by atoms with Crippen molar-refractivity contribution in [1.82, 2.24) is 20.8 Å². The standard InChI is InChI=1S/C16H25N5S/c1-14(15-10-6-7-11-17-15)18-19-16(22)20-21-12-8-4-2-3-5-9-13-21/h6-7,10-11H,2-5,8-9,12-13H2,1H3,(H2,19,20,22)/b18-14+. The van der Waals surface area contributed by atoms with Crippen LogP contribution in [-0.2, 0) is 0 Å². The fourth-order valence-electron chi connectivity index (χ4n) is 2.47. The molecule has 0 spiro atoms. The highest BCUT2D eigenvalue weighted by molar-refractivity contribution is 7.80. The molecule has 0 amide bonds. The average molecular weight is 319 g/mol. The van der Waals surface area contributed by atoms with E-state index in [4.69, 9.17) is 12.2 Å². The Balaban J connectivity index is 1.81. The number of hydrogen-bond acceptors (Lipinski definition) is 4. The summed E-state index contributed by atoms with van der Waals surface area (Å²) in [5, 5.41) is 7.03. The summed E-state index contributed by atoms with van der Waals surface area (Å²) in [4.78, 5) is 4.26. The van der Waals surface area contributed by atoms with E-state index in [9.17, 15) is 0 Å². The third kappa shape index (κ3) is 6.07. The van der Waals surface area contributed by atoms with Gasteiger partial charge < -0.3 is 0 Å². The van der Waals surface area contributed by atoms with Crippen molar-refractivity contribution in [2.45, 2.75) is 45.4 Å². The van der Waals surface area contributed by atoms with E-state index in [1.54, 1.807) is 6.20 Å². The highest BCUT2D eigenvalue weighted by Gasteiger charge is 2.08. The van der Waals surface area contributed by atoms with Crippen LogP contribution in [0, 0.1) is 0 Å². The predicted molar refractivity (Wildman–Crippen MR) is 94.6 cm³/mol. The lowest BCUT2D eigenvalue weighted by Crippen LogP contribution is -2.46. The summed E-state index contributed by atoms with van der Waals surface area (Å²) in [5.74, 6) is 0. The molecule has 1 aliphatic rings. The van der Waals surface area contributed by atoms with Crippen molar-refractivity contribution >= 4 is 23.0 Å². The fraction of sp³-hybridized carbons (Fsp3) is 0.562. The molecule has 1 aliphatic heterocycles. The van der Waals surface area contributed by atoms with Crippen molar-refractivity contribution in [2.24, 2.45) is 5.10 Å². The number of rotatable bonds is 3. The van der Waals surface area contributed by atoms with Gasteiger partial charge in [0.1, 0.15) is 0 Å². The van der Waals surface area contributed by atoms with Gasteiger partial charge in [-0.15, -0.1) is 0 Å². The smallest absolute Gasteiger partial charge is 0.201 e. The van der Waals surface area contributed by atoms with Crippen molar-refractivity contribution in [3.05, 3.63) is 30.1 Å². The molecule has 120 valence electrons. The van der Waals surface area contributed by atoms with Gasteiger partial charge in [0.15, 0.2) is 0 Å². The second-order valence-electron chi connectivity index (χ2n) is 5.57. The summed E-state index contributed by atoms with van der Waals surface area (Å²) in [6.45, 7) is 3.98. The number of thiocarbonyl (C=S) groups is 1. The van der Waals surface area contributed by atoms with Gasteiger partial charge in [0.05, 0.1) is 11.4 Å². The lowest BCUT2D eigenvalue weighted by atomic mass is 10.1. The molecule has 1 saturated heterocycles. The van der Waals surface area contributed by atoms with Gasteiger partial charge in [0, 0.05) is 19.3 Å². The van der Waals surface area contributed by atoms with E-state index < -0.39 is 0 Å². The first-order chi connectivity index (χ1) is 10.8. The van der Waals surface area contributed by atoms with Crippen molar-refractivity contribution in [3.8, 4) is 0 Å². The van der Waals surface area contributed by atoms with E-state index in [-0.39, 0.29) is 0 Å². The minimum absolute atomic E-state index is 0.537. The summed E-state index contributed by atoms with van der Waals surface area (Å²) in [7, 11) is 0. The van der Waals surface area contributed by atoms with Crippen LogP contribution in [0.25, 0.3) is 0 Å². The lowest BCUT2D eigenvalue weighted by molar-refractivity contribution is 0.229. The molecule has 0 radical (unpaired) electrons. The molecule has 0 unspecified atom stereocenters. The Labute approximate surface area is 138 Å². The van der Waals surface area contributed by atoms with Crippen LogP contribution in [0.2, 0.25) is 0 Å². The van der Waals surface area contributed by atoms with E-state index >= 15 is 0 Å². The van der Waals surface area contributed by atoms with E-state index in [2.05, 4.69) is 25.9 Å². The summed E-state index contributed by atoms with van der Waals surface area (Å²) in [5.41, 5.74) is 7.82. The lowest BCUT2D eigenvalue weighted by Gasteiger charge is -2.23. The largest absolute Gasteiger partial charge is 0.294 e. The van der Waals surface area contributed by atoms with Crippen LogP contribution in [0.5, 0.6) is 0 Å². The number of nitrogens with zero attached hydrogens (tertiary/aromatic N) is 3. The average Bonchev–Trinajstić information content (AvgIpc) is 2.67. The van der Waals surface area contributed by atoms with Crippen molar-refractivity contribution in [1.29, 1.82) is 0 Å². The monoisotopic (exact) mass is 319 g/mol. The third-order valence-corrected chi connectivity index (χ3v) is 3.91. The molecule has 0 aliphatic carbocycles. The second-order valence-corrected chi connectivity index (χ2v) is 5.98. The van der Waals surface area contributed by atoms with Crippen molar-refractivity contribution in [3.63, 3.8) is 0 Å². The predicted octanol–water partition coefficient (Wildman–Crippen LogP) is 2.84. The molecule has 22 heavy (non-hydrogen) atoms. The number of hydrazone groups is 1. The molecule has 6 heteroatoms. The highest BCUT2D eigenvalue weighted by Crippen LogP contribution is 2.09. The molecule has 0 bridgehead atoms. The number of nitrogens with one attached hydrogen (secondary N) is 2. The van der Waals surface area contributed by atoms with Gasteiger partial charge in [-0.2, -0.15) is 5.10 Å². The van der Waals surface area contributed by atoms with Crippen LogP contribution in [0.1, 0.15) is 51.1 Å². The third-order valence-electron chi connectivity index (χ3n) is 3.73. The molecule has 0 saturated carbocycles. The van der Waals surface area contributed by atoms with Gasteiger partial charge in [-0.05, 0) is 44.1 Å². The molecule has 5 nitrogen and oxygen atoms in total. The molecular weight excluding hydrogens is 294 g/mol. The van der Waals surface area contributed by atoms with Crippen LogP contribution in [0.4, 0.5) is 0 Å². The number of pyridine rings is 1. The maximum atomic E-state index is 5.32. The van der Waals surface area contributed by atoms with E-state index in [0.717, 1.165) is 24.5 Å². The Bertz CT molecular complexity index is 479. The molecule has 1 aromatic heterocycles. The van der Waals surface area contributed by atoms with Crippen molar-refractivity contribution < 1.29 is 0 Å². The Hall–Kier alpha value is -1.53. The minimum atomic E-state index is 0.537. The van der Waals surface area contributed by atoms with Crippen LogP contribution >= 0.6 is 12.2 Å². The van der Waals surface area contributed by atoms with E-state index in [1.807, 2.05) is 25.1 Å². The van der Waals surface area contributed by atoms with Gasteiger partial charge in [-0.1, -0.05) is 31.7 Å². The van der Waals surface area contributed by atoms with Gasteiger partial charge in [0.25, 0.3) is 0 Å². The van der Waals surface area contributed by atoms with Gasteiger partial charge in [-0.3, -0.25) is 15.8 Å². The topological polar surface area (TPSA) is 52.6 Å². The Morgan fingerprint density at radius 3 is 2.45 bits per heavy atom. The van der Waals surface area contributed by atoms with E-state index in [0.29, 0.717) is 5.11 Å². The maximum Gasteiger partial charge on any atom is 0.201 e. The molecule has 0 atom stereocenters. The normalized spacial score (nSPS) is 18.0. The highest BCUT2D eigenvalue weighted by atomic mass is 32.1. The van der Waals surface area contributed by atoms with Crippen molar-refractivity contribution in [2.75, 3.05) is 13.1 Å². The molecule has 1 aromatic rings. The van der Waals surface area contributed by atoms with Crippen LogP contribution < -0.4 is 10.9 Å². The van der Waals surface area contributed by atoms with Crippen LogP contribution in [-0.4, -0.2) is 33.9 Å². The second kappa shape index (κ2) is 9.48. The van der Waals surface area contributed by atoms with Gasteiger partial charge in [-0.25, -0.2) is 5.01 Å². The molecule has 0 aromatic carbocycles. The molecule has 1 fully saturated rings. The summed E-state index contributed by atoms with van der Waals surface area (Å²) in [6, 6.07) is 5.76. The maximum absolute atomic E-state index is 5.32. The molecule has 2 rings (SSSR count). The van der Waals surface area contributed by atoms with Gasteiger partial charge in [0.2, 0.25) is 5.11 Å². The van der Waals surface area contributed by atoms with Crippen LogP contribution in [0.3, 0.4) is 0 Å². The van der Waals surface area contributed by atoms with Crippen LogP contribution in [0.15, 0.2) is 29.5 Å². The zero-order valence-corrected chi connectivity index (χ0v) is 14.0. The first-order valence-corrected chi connectivity index (χ1v) is 8.44. The van der Waals surface area contributed by atoms with E-state index in [1.165, 1.54) is 38.5 Å². The first kappa shape index (κ1) is 16.8. The zero-order valence-electron chi connectivity index (χ0n) is 13.2. The minimum Gasteiger partial charge on any atom is -0.294 e. The van der Waals surface area contributed by atoms with Gasteiger partial charge >= 0.3 is 0 Å². The summed E-state index contributed by atoms with van der Waals surface area (Å²) >= 11 is 5.32. The summed E-state index contributed by atoms with van der Waals surface area (Å²) in [6.07, 6.45) is 9.49. The quantitative estimate of drug-likeness (QED) is 0.510.